The van der Waals surface area contributed by atoms with Gasteiger partial charge in [-0.1, -0.05) is 13.3 Å². The van der Waals surface area contributed by atoms with E-state index in [1.54, 1.807) is 25.9 Å². The lowest BCUT2D eigenvalue weighted by atomic mass is 9.96. The molecule has 0 aliphatic carbocycles. The van der Waals surface area contributed by atoms with Crippen LogP contribution in [-0.2, 0) is 9.53 Å². The van der Waals surface area contributed by atoms with Gasteiger partial charge >= 0.3 is 11.9 Å². The zero-order valence-corrected chi connectivity index (χ0v) is 16.5. The minimum atomic E-state index is -0.455. The fourth-order valence-corrected chi connectivity index (χ4v) is 4.72. The molecule has 3 aliphatic heterocycles. The van der Waals surface area contributed by atoms with E-state index in [1.807, 2.05) is 6.21 Å². The first-order valence-corrected chi connectivity index (χ1v) is 10.1. The van der Waals surface area contributed by atoms with Gasteiger partial charge in [-0.3, -0.25) is 9.69 Å². The first-order chi connectivity index (χ1) is 12.5. The molecule has 0 saturated carbocycles. The van der Waals surface area contributed by atoms with Crippen molar-refractivity contribution in [3.05, 3.63) is 10.5 Å². The summed E-state index contributed by atoms with van der Waals surface area (Å²) in [5.74, 6) is 0.827. The SMILES string of the molecule is CCCC1=C(SCCN2CCOCC2)C2C(=O)N(C)C(=O)[N+](C)=C2N=C1. The van der Waals surface area contributed by atoms with Crippen molar-refractivity contribution >= 4 is 35.8 Å². The molecule has 0 radical (unpaired) electrons. The lowest BCUT2D eigenvalue weighted by molar-refractivity contribution is -0.407. The molecule has 1 saturated heterocycles. The van der Waals surface area contributed by atoms with Crippen LogP contribution >= 0.6 is 11.8 Å². The summed E-state index contributed by atoms with van der Waals surface area (Å²) in [7, 11) is 3.23. The van der Waals surface area contributed by atoms with Crippen molar-refractivity contribution in [1.82, 2.24) is 9.80 Å². The number of amides is 3. The minimum absolute atomic E-state index is 0.178. The molecule has 26 heavy (non-hydrogen) atoms. The molecule has 142 valence electrons. The maximum absolute atomic E-state index is 12.8. The molecular weight excluding hydrogens is 352 g/mol. The van der Waals surface area contributed by atoms with Crippen molar-refractivity contribution in [2.24, 2.45) is 10.9 Å². The van der Waals surface area contributed by atoms with E-state index in [1.165, 1.54) is 9.48 Å². The van der Waals surface area contributed by atoms with Crippen molar-refractivity contribution in [1.29, 1.82) is 0 Å². The molecule has 3 amide bonds. The Labute approximate surface area is 158 Å². The van der Waals surface area contributed by atoms with Gasteiger partial charge in [0.2, 0.25) is 0 Å². The molecule has 1 fully saturated rings. The molecule has 1 atom stereocenters. The molecular formula is C18H27N4O3S+. The summed E-state index contributed by atoms with van der Waals surface area (Å²) < 4.78 is 6.89. The van der Waals surface area contributed by atoms with Gasteiger partial charge in [0.05, 0.1) is 27.3 Å². The third kappa shape index (κ3) is 3.77. The summed E-state index contributed by atoms with van der Waals surface area (Å²) in [6.45, 7) is 6.59. The minimum Gasteiger partial charge on any atom is -0.379 e. The second-order valence-electron chi connectivity index (χ2n) is 6.73. The molecule has 0 bridgehead atoms. The number of hydrogen-bond acceptors (Lipinski definition) is 6. The summed E-state index contributed by atoms with van der Waals surface area (Å²) in [5.41, 5.74) is 1.12. The number of imide groups is 1. The third-order valence-electron chi connectivity index (χ3n) is 4.97. The lowest BCUT2D eigenvalue weighted by Crippen LogP contribution is -2.52. The van der Waals surface area contributed by atoms with Crippen LogP contribution in [0.3, 0.4) is 0 Å². The van der Waals surface area contributed by atoms with Gasteiger partial charge in [-0.05, 0) is 12.0 Å². The largest absolute Gasteiger partial charge is 0.445 e. The number of amidine groups is 1. The van der Waals surface area contributed by atoms with E-state index >= 15 is 0 Å². The van der Waals surface area contributed by atoms with Crippen LogP contribution in [0.15, 0.2) is 15.5 Å². The number of carbonyl (C=O) groups excluding carboxylic acids is 2. The molecule has 8 heteroatoms. The summed E-state index contributed by atoms with van der Waals surface area (Å²) in [4.78, 5) is 34.2. The average molecular weight is 380 g/mol. The Morgan fingerprint density at radius 1 is 1.35 bits per heavy atom. The normalized spacial score (nSPS) is 24.6. The third-order valence-corrected chi connectivity index (χ3v) is 6.17. The Morgan fingerprint density at radius 2 is 2.08 bits per heavy atom. The highest BCUT2D eigenvalue weighted by Gasteiger charge is 2.48. The summed E-state index contributed by atoms with van der Waals surface area (Å²) >= 11 is 1.73. The number of urea groups is 1. The topological polar surface area (TPSA) is 65.2 Å². The quantitative estimate of drug-likeness (QED) is 0.654. The van der Waals surface area contributed by atoms with E-state index in [0.29, 0.717) is 5.84 Å². The van der Waals surface area contributed by atoms with Crippen LogP contribution in [0.5, 0.6) is 0 Å². The van der Waals surface area contributed by atoms with Crippen LogP contribution < -0.4 is 0 Å². The first-order valence-electron chi connectivity index (χ1n) is 9.16. The number of ether oxygens (including phenoxy) is 1. The summed E-state index contributed by atoms with van der Waals surface area (Å²) in [6, 6.07) is -0.324. The molecule has 0 aromatic heterocycles. The number of fused-ring (bicyclic) bond motifs is 1. The molecule has 3 aliphatic rings. The second kappa shape index (κ2) is 8.45. The van der Waals surface area contributed by atoms with E-state index in [0.717, 1.165) is 61.9 Å². The average Bonchev–Trinajstić information content (AvgIpc) is 2.66. The van der Waals surface area contributed by atoms with Crippen LogP contribution in [0.2, 0.25) is 0 Å². The maximum Gasteiger partial charge on any atom is 0.445 e. The highest BCUT2D eigenvalue weighted by atomic mass is 32.2. The Balaban J connectivity index is 1.81. The number of carbonyl (C=O) groups is 2. The molecule has 0 aromatic carbocycles. The molecule has 3 rings (SSSR count). The van der Waals surface area contributed by atoms with Gasteiger partial charge in [0.15, 0.2) is 5.92 Å². The Morgan fingerprint density at radius 3 is 2.77 bits per heavy atom. The predicted octanol–water partition coefficient (Wildman–Crippen LogP) is 1.44. The van der Waals surface area contributed by atoms with Crippen LogP contribution in [0.4, 0.5) is 4.79 Å². The fraction of sp³-hybridized carbons (Fsp3) is 0.667. The Kier molecular flexibility index (Phi) is 6.26. The predicted molar refractivity (Wildman–Crippen MR) is 103 cm³/mol. The van der Waals surface area contributed by atoms with Gasteiger partial charge in [-0.25, -0.2) is 4.79 Å². The Bertz CT molecular complexity index is 680. The van der Waals surface area contributed by atoms with E-state index < -0.39 is 5.92 Å². The van der Waals surface area contributed by atoms with E-state index in [2.05, 4.69) is 16.8 Å². The second-order valence-corrected chi connectivity index (χ2v) is 7.87. The van der Waals surface area contributed by atoms with Crippen molar-refractivity contribution in [3.8, 4) is 0 Å². The van der Waals surface area contributed by atoms with Crippen molar-refractivity contribution in [2.45, 2.75) is 19.8 Å². The van der Waals surface area contributed by atoms with Crippen molar-refractivity contribution < 1.29 is 18.9 Å². The first kappa shape index (κ1) is 19.3. The molecule has 0 spiro atoms. The number of aliphatic imine (C=N–C) groups is 1. The number of allylic oxidation sites excluding steroid dienone is 1. The summed E-state index contributed by atoms with van der Waals surface area (Å²) in [6.07, 6.45) is 3.73. The van der Waals surface area contributed by atoms with Gasteiger partial charge < -0.3 is 4.74 Å². The zero-order chi connectivity index (χ0) is 18.7. The standard InChI is InChI=1S/C18H27N4O3S/c1-4-5-13-12-19-16-14(17(23)21(3)18(24)20(16)2)15(13)26-11-8-22-6-9-25-10-7-22/h12,14H,4-11H2,1-3H3/q+1. The maximum atomic E-state index is 12.8. The molecule has 7 nitrogen and oxygen atoms in total. The van der Waals surface area contributed by atoms with Crippen LogP contribution in [0, 0.1) is 5.92 Å². The van der Waals surface area contributed by atoms with Gasteiger partial charge in [0.1, 0.15) is 6.21 Å². The molecule has 0 aromatic rings. The van der Waals surface area contributed by atoms with Crippen molar-refractivity contribution in [2.75, 3.05) is 52.7 Å². The zero-order valence-electron chi connectivity index (χ0n) is 15.7. The van der Waals surface area contributed by atoms with E-state index in [-0.39, 0.29) is 11.9 Å². The van der Waals surface area contributed by atoms with Crippen LogP contribution in [0.25, 0.3) is 0 Å². The number of nitrogens with zero attached hydrogens (tertiary/aromatic N) is 4. The fourth-order valence-electron chi connectivity index (χ4n) is 3.44. The number of hydrogen-bond donors (Lipinski definition) is 0. The van der Waals surface area contributed by atoms with Crippen molar-refractivity contribution in [3.63, 3.8) is 0 Å². The van der Waals surface area contributed by atoms with Gasteiger partial charge in [0.25, 0.3) is 5.84 Å². The highest BCUT2D eigenvalue weighted by molar-refractivity contribution is 8.03. The van der Waals surface area contributed by atoms with Crippen LogP contribution in [-0.4, -0.2) is 91.1 Å². The van der Waals surface area contributed by atoms with E-state index in [4.69, 9.17) is 4.74 Å². The smallest absolute Gasteiger partial charge is 0.379 e. The molecule has 0 N–H and O–H groups in total. The number of thioether (sulfide) groups is 1. The molecule has 3 heterocycles. The Hall–Kier alpha value is -1.51. The molecule has 1 unspecified atom stereocenters. The monoisotopic (exact) mass is 379 g/mol. The van der Waals surface area contributed by atoms with Gasteiger partial charge in [-0.15, -0.1) is 16.8 Å². The lowest BCUT2D eigenvalue weighted by Gasteiger charge is -2.29. The van der Waals surface area contributed by atoms with Gasteiger partial charge in [-0.2, -0.15) is 9.48 Å². The summed E-state index contributed by atoms with van der Waals surface area (Å²) in [5, 5.41) is 0. The number of morpholine rings is 1. The number of dihydropyridines is 1. The van der Waals surface area contributed by atoms with E-state index in [9.17, 15) is 9.59 Å². The van der Waals surface area contributed by atoms with Gasteiger partial charge in [0, 0.05) is 30.3 Å². The number of rotatable bonds is 6. The highest BCUT2D eigenvalue weighted by Crippen LogP contribution is 2.36. The van der Waals surface area contributed by atoms with Crippen LogP contribution in [0.1, 0.15) is 19.8 Å².